The SMILES string of the molecule is O=Cc1c(-c2ccc(F)cc2F)nn(C2=CC=CCC2)c1CCCl. The van der Waals surface area contributed by atoms with E-state index in [0.29, 0.717) is 24.3 Å². The van der Waals surface area contributed by atoms with Crippen LogP contribution >= 0.6 is 11.6 Å². The fraction of sp³-hybridized carbons (Fsp3) is 0.222. The van der Waals surface area contributed by atoms with Gasteiger partial charge in [0.25, 0.3) is 0 Å². The first kappa shape index (κ1) is 16.6. The molecule has 0 aliphatic heterocycles. The van der Waals surface area contributed by atoms with E-state index >= 15 is 0 Å². The van der Waals surface area contributed by atoms with Gasteiger partial charge in [-0.1, -0.05) is 12.2 Å². The molecule has 0 unspecified atom stereocenters. The predicted octanol–water partition coefficient (Wildman–Crippen LogP) is 4.61. The molecule has 0 saturated heterocycles. The number of halogens is 3. The van der Waals surface area contributed by atoms with Crippen LogP contribution in [0.15, 0.2) is 36.4 Å². The second kappa shape index (κ2) is 7.09. The Bertz CT molecular complexity index is 840. The molecule has 1 aliphatic rings. The van der Waals surface area contributed by atoms with Gasteiger partial charge >= 0.3 is 0 Å². The van der Waals surface area contributed by atoms with Gasteiger partial charge < -0.3 is 0 Å². The molecule has 1 aromatic heterocycles. The molecule has 0 spiro atoms. The van der Waals surface area contributed by atoms with Gasteiger partial charge in [0.1, 0.15) is 17.3 Å². The van der Waals surface area contributed by atoms with Gasteiger partial charge in [-0.15, -0.1) is 11.6 Å². The van der Waals surface area contributed by atoms with Crippen LogP contribution < -0.4 is 0 Å². The molecule has 6 heteroatoms. The van der Waals surface area contributed by atoms with E-state index in [1.54, 1.807) is 4.68 Å². The highest BCUT2D eigenvalue weighted by atomic mass is 35.5. The summed E-state index contributed by atoms with van der Waals surface area (Å²) in [6.07, 6.45) is 8.57. The van der Waals surface area contributed by atoms with Crippen molar-refractivity contribution in [2.45, 2.75) is 19.3 Å². The summed E-state index contributed by atoms with van der Waals surface area (Å²) in [5, 5.41) is 4.45. The van der Waals surface area contributed by atoms with Crippen LogP contribution in [0.1, 0.15) is 28.9 Å². The largest absolute Gasteiger partial charge is 0.298 e. The van der Waals surface area contributed by atoms with E-state index in [1.165, 1.54) is 6.07 Å². The standard InChI is InChI=1S/C18H15ClF2N2O/c19-9-8-17-15(11-24)18(14-7-6-12(20)10-16(14)21)22-23(17)13-4-2-1-3-5-13/h1-2,4,6-7,10-11H,3,5,8-9H2. The number of nitrogens with zero attached hydrogens (tertiary/aromatic N) is 2. The van der Waals surface area contributed by atoms with Crippen molar-refractivity contribution in [2.24, 2.45) is 0 Å². The van der Waals surface area contributed by atoms with Crippen LogP contribution in [0.2, 0.25) is 0 Å². The van der Waals surface area contributed by atoms with Crippen LogP contribution in [0, 0.1) is 11.6 Å². The minimum Gasteiger partial charge on any atom is -0.298 e. The number of allylic oxidation sites excluding steroid dienone is 4. The van der Waals surface area contributed by atoms with Gasteiger partial charge in [-0.2, -0.15) is 5.10 Å². The summed E-state index contributed by atoms with van der Waals surface area (Å²) in [4.78, 5) is 11.6. The van der Waals surface area contributed by atoms with Gasteiger partial charge in [0.05, 0.1) is 11.3 Å². The van der Waals surface area contributed by atoms with E-state index in [4.69, 9.17) is 11.6 Å². The summed E-state index contributed by atoms with van der Waals surface area (Å²) >= 11 is 5.87. The number of hydrogen-bond acceptors (Lipinski definition) is 2. The lowest BCUT2D eigenvalue weighted by Gasteiger charge is -2.12. The molecule has 0 fully saturated rings. The lowest BCUT2D eigenvalue weighted by Crippen LogP contribution is -2.07. The van der Waals surface area contributed by atoms with Gasteiger partial charge in [-0.05, 0) is 31.1 Å². The number of hydrogen-bond donors (Lipinski definition) is 0. The fourth-order valence-corrected chi connectivity index (χ4v) is 2.98. The van der Waals surface area contributed by atoms with E-state index in [1.807, 2.05) is 18.2 Å². The lowest BCUT2D eigenvalue weighted by molar-refractivity contribution is 0.112. The Balaban J connectivity index is 2.21. The van der Waals surface area contributed by atoms with Gasteiger partial charge in [0, 0.05) is 29.6 Å². The van der Waals surface area contributed by atoms with E-state index < -0.39 is 11.6 Å². The molecule has 1 aliphatic carbocycles. The van der Waals surface area contributed by atoms with Crippen LogP contribution in [-0.4, -0.2) is 21.9 Å². The van der Waals surface area contributed by atoms with Crippen molar-refractivity contribution in [3.63, 3.8) is 0 Å². The Morgan fingerprint density at radius 2 is 2.17 bits per heavy atom. The Morgan fingerprint density at radius 1 is 1.33 bits per heavy atom. The van der Waals surface area contributed by atoms with E-state index in [2.05, 4.69) is 5.10 Å². The monoisotopic (exact) mass is 348 g/mol. The predicted molar refractivity (Wildman–Crippen MR) is 90.0 cm³/mol. The van der Waals surface area contributed by atoms with Crippen molar-refractivity contribution < 1.29 is 13.6 Å². The van der Waals surface area contributed by atoms with Crippen molar-refractivity contribution in [1.29, 1.82) is 0 Å². The molecule has 24 heavy (non-hydrogen) atoms. The van der Waals surface area contributed by atoms with Crippen molar-refractivity contribution in [1.82, 2.24) is 9.78 Å². The van der Waals surface area contributed by atoms with Crippen LogP contribution in [0.25, 0.3) is 17.0 Å². The summed E-state index contributed by atoms with van der Waals surface area (Å²) in [6.45, 7) is 0. The molecule has 3 rings (SSSR count). The molecule has 0 amide bonds. The van der Waals surface area contributed by atoms with Gasteiger partial charge in [0.15, 0.2) is 6.29 Å². The van der Waals surface area contributed by atoms with Crippen molar-refractivity contribution >= 4 is 23.6 Å². The van der Waals surface area contributed by atoms with E-state index in [9.17, 15) is 13.6 Å². The third-order valence-corrected chi connectivity index (χ3v) is 4.11. The Hall–Kier alpha value is -2.27. The summed E-state index contributed by atoms with van der Waals surface area (Å²) in [7, 11) is 0. The van der Waals surface area contributed by atoms with E-state index in [0.717, 1.165) is 30.7 Å². The average molecular weight is 349 g/mol. The number of aldehydes is 1. The van der Waals surface area contributed by atoms with Crippen LogP contribution in [0.4, 0.5) is 8.78 Å². The molecular formula is C18H15ClF2N2O. The highest BCUT2D eigenvalue weighted by Gasteiger charge is 2.22. The molecule has 3 nitrogen and oxygen atoms in total. The lowest BCUT2D eigenvalue weighted by atomic mass is 10.0. The number of alkyl halides is 1. The topological polar surface area (TPSA) is 34.9 Å². The van der Waals surface area contributed by atoms with Crippen molar-refractivity contribution in [3.05, 3.63) is 59.3 Å². The molecular weight excluding hydrogens is 334 g/mol. The molecule has 0 atom stereocenters. The molecule has 0 saturated carbocycles. The minimum absolute atomic E-state index is 0.0972. The summed E-state index contributed by atoms with van der Waals surface area (Å²) in [5.74, 6) is -1.12. The van der Waals surface area contributed by atoms with Crippen LogP contribution in [0.5, 0.6) is 0 Å². The summed E-state index contributed by atoms with van der Waals surface area (Å²) in [5.41, 5.74) is 2.14. The third-order valence-electron chi connectivity index (χ3n) is 3.92. The van der Waals surface area contributed by atoms with E-state index in [-0.39, 0.29) is 16.8 Å². The number of benzene rings is 1. The maximum absolute atomic E-state index is 14.2. The minimum atomic E-state index is -0.752. The quantitative estimate of drug-likeness (QED) is 0.584. The van der Waals surface area contributed by atoms with Crippen LogP contribution in [0.3, 0.4) is 0 Å². The van der Waals surface area contributed by atoms with Gasteiger partial charge in [-0.25, -0.2) is 13.5 Å². The first-order valence-electron chi connectivity index (χ1n) is 7.60. The van der Waals surface area contributed by atoms with Crippen molar-refractivity contribution in [3.8, 4) is 11.3 Å². The maximum Gasteiger partial charge on any atom is 0.154 e. The fourth-order valence-electron chi connectivity index (χ4n) is 2.80. The second-order valence-electron chi connectivity index (χ2n) is 5.43. The number of carbonyl (C=O) groups is 1. The highest BCUT2D eigenvalue weighted by molar-refractivity contribution is 6.18. The molecule has 124 valence electrons. The summed E-state index contributed by atoms with van der Waals surface area (Å²) in [6, 6.07) is 3.23. The maximum atomic E-state index is 14.2. The Labute approximate surface area is 143 Å². The molecule has 1 heterocycles. The number of carbonyl (C=O) groups excluding carboxylic acids is 1. The molecule has 1 aromatic carbocycles. The summed E-state index contributed by atoms with van der Waals surface area (Å²) < 4.78 is 29.0. The first-order chi connectivity index (χ1) is 11.7. The van der Waals surface area contributed by atoms with Gasteiger partial charge in [0.2, 0.25) is 0 Å². The normalized spacial score (nSPS) is 13.9. The van der Waals surface area contributed by atoms with Gasteiger partial charge in [-0.3, -0.25) is 4.79 Å². The second-order valence-corrected chi connectivity index (χ2v) is 5.80. The Kier molecular flexibility index (Phi) is 4.90. The zero-order valence-corrected chi connectivity index (χ0v) is 13.6. The third kappa shape index (κ3) is 3.04. The smallest absolute Gasteiger partial charge is 0.154 e. The zero-order valence-electron chi connectivity index (χ0n) is 12.8. The molecule has 2 aromatic rings. The molecule has 0 bridgehead atoms. The highest BCUT2D eigenvalue weighted by Crippen LogP contribution is 2.30. The van der Waals surface area contributed by atoms with Crippen LogP contribution in [-0.2, 0) is 6.42 Å². The van der Waals surface area contributed by atoms with Crippen molar-refractivity contribution in [2.75, 3.05) is 5.88 Å². The average Bonchev–Trinajstić information content (AvgIpc) is 2.94. The zero-order chi connectivity index (χ0) is 17.1. The first-order valence-corrected chi connectivity index (χ1v) is 8.13. The number of rotatable bonds is 5. The molecule has 0 radical (unpaired) electrons. The molecule has 0 N–H and O–H groups in total. The number of aromatic nitrogens is 2. The Morgan fingerprint density at radius 3 is 2.79 bits per heavy atom.